The zero-order valence-corrected chi connectivity index (χ0v) is 9.77. The maximum atomic E-state index is 9.94. The Labute approximate surface area is 92.1 Å². The molecule has 0 unspecified atom stereocenters. The molecule has 0 radical (unpaired) electrons. The molecule has 1 aromatic carbocycles. The summed E-state index contributed by atoms with van der Waals surface area (Å²) in [6.07, 6.45) is 0.237. The third-order valence-corrected chi connectivity index (χ3v) is 2.70. The molecule has 0 saturated carbocycles. The van der Waals surface area contributed by atoms with Crippen molar-refractivity contribution in [2.75, 3.05) is 0 Å². The normalized spacial score (nSPS) is 16.1. The molecule has 0 saturated heterocycles. The molecular formula is C13H21NO. The van der Waals surface area contributed by atoms with Gasteiger partial charge in [-0.1, -0.05) is 51.1 Å². The van der Waals surface area contributed by atoms with Crippen LogP contribution in [0, 0.1) is 5.41 Å². The number of hydrogen-bond acceptors (Lipinski definition) is 2. The summed E-state index contributed by atoms with van der Waals surface area (Å²) in [7, 11) is 0. The molecule has 0 fully saturated rings. The van der Waals surface area contributed by atoms with Crippen LogP contribution in [0.25, 0.3) is 0 Å². The monoisotopic (exact) mass is 207 g/mol. The van der Waals surface area contributed by atoms with Crippen LogP contribution < -0.4 is 5.73 Å². The SMILES string of the molecule is CC(C)(C)[C@@H](O)C[C@@H](N)c1ccccc1. The minimum atomic E-state index is -0.368. The van der Waals surface area contributed by atoms with Crippen molar-refractivity contribution in [1.29, 1.82) is 0 Å². The molecule has 84 valence electrons. The molecule has 0 aliphatic rings. The fourth-order valence-corrected chi connectivity index (χ4v) is 1.43. The lowest BCUT2D eigenvalue weighted by Gasteiger charge is -2.28. The Morgan fingerprint density at radius 3 is 2.20 bits per heavy atom. The van der Waals surface area contributed by atoms with Crippen LogP contribution in [-0.2, 0) is 0 Å². The van der Waals surface area contributed by atoms with Gasteiger partial charge in [0.05, 0.1) is 6.10 Å². The second-order valence-electron chi connectivity index (χ2n) is 5.13. The summed E-state index contributed by atoms with van der Waals surface area (Å²) in [6.45, 7) is 6.07. The lowest BCUT2D eigenvalue weighted by molar-refractivity contribution is 0.0497. The number of hydrogen-bond donors (Lipinski definition) is 2. The summed E-state index contributed by atoms with van der Waals surface area (Å²) in [5, 5.41) is 9.94. The number of benzene rings is 1. The second-order valence-corrected chi connectivity index (χ2v) is 5.13. The molecule has 2 nitrogen and oxygen atoms in total. The molecular weight excluding hydrogens is 186 g/mol. The van der Waals surface area contributed by atoms with Crippen LogP contribution in [0.1, 0.15) is 38.8 Å². The standard InChI is InChI=1S/C13H21NO/c1-13(2,3)12(15)9-11(14)10-7-5-4-6-8-10/h4-8,11-12,15H,9,14H2,1-3H3/t11-,12+/m1/s1. The Bertz CT molecular complexity index is 289. The van der Waals surface area contributed by atoms with Gasteiger partial charge in [-0.3, -0.25) is 0 Å². The Morgan fingerprint density at radius 2 is 1.73 bits per heavy atom. The topological polar surface area (TPSA) is 46.2 Å². The van der Waals surface area contributed by atoms with E-state index in [1.165, 1.54) is 0 Å². The largest absolute Gasteiger partial charge is 0.393 e. The van der Waals surface area contributed by atoms with Crippen LogP contribution in [0.5, 0.6) is 0 Å². The third kappa shape index (κ3) is 3.65. The van der Waals surface area contributed by atoms with E-state index in [9.17, 15) is 5.11 Å². The number of rotatable bonds is 3. The molecule has 0 bridgehead atoms. The highest BCUT2D eigenvalue weighted by molar-refractivity contribution is 5.18. The molecule has 0 spiro atoms. The van der Waals surface area contributed by atoms with Gasteiger partial charge in [-0.2, -0.15) is 0 Å². The maximum absolute atomic E-state index is 9.94. The van der Waals surface area contributed by atoms with Gasteiger partial charge in [-0.25, -0.2) is 0 Å². The Morgan fingerprint density at radius 1 is 1.20 bits per heavy atom. The van der Waals surface area contributed by atoms with E-state index in [1.807, 2.05) is 51.1 Å². The van der Waals surface area contributed by atoms with Crippen molar-refractivity contribution in [3.8, 4) is 0 Å². The van der Waals surface area contributed by atoms with Gasteiger partial charge in [0.15, 0.2) is 0 Å². The molecule has 1 rings (SSSR count). The Kier molecular flexibility index (Phi) is 3.89. The second kappa shape index (κ2) is 4.77. The summed E-state index contributed by atoms with van der Waals surface area (Å²) in [4.78, 5) is 0. The van der Waals surface area contributed by atoms with Crippen molar-refractivity contribution in [3.63, 3.8) is 0 Å². The van der Waals surface area contributed by atoms with Crippen molar-refractivity contribution >= 4 is 0 Å². The Hall–Kier alpha value is -0.860. The maximum Gasteiger partial charge on any atom is 0.0606 e. The zero-order valence-electron chi connectivity index (χ0n) is 9.77. The van der Waals surface area contributed by atoms with Crippen LogP contribution >= 0.6 is 0 Å². The van der Waals surface area contributed by atoms with Gasteiger partial charge in [0.25, 0.3) is 0 Å². The lowest BCUT2D eigenvalue weighted by Crippen LogP contribution is -2.30. The number of aliphatic hydroxyl groups excluding tert-OH is 1. The summed E-state index contributed by atoms with van der Waals surface area (Å²) in [5.41, 5.74) is 7.01. The van der Waals surface area contributed by atoms with E-state index in [0.29, 0.717) is 6.42 Å². The lowest BCUT2D eigenvalue weighted by atomic mass is 9.84. The minimum Gasteiger partial charge on any atom is -0.393 e. The van der Waals surface area contributed by atoms with Gasteiger partial charge < -0.3 is 10.8 Å². The summed E-state index contributed by atoms with van der Waals surface area (Å²) < 4.78 is 0. The van der Waals surface area contributed by atoms with Gasteiger partial charge in [-0.15, -0.1) is 0 Å². The van der Waals surface area contributed by atoms with Crippen LogP contribution in [-0.4, -0.2) is 11.2 Å². The third-order valence-electron chi connectivity index (χ3n) is 2.70. The average Bonchev–Trinajstić information content (AvgIpc) is 2.17. The molecule has 3 N–H and O–H groups in total. The molecule has 0 aliphatic heterocycles. The highest BCUT2D eigenvalue weighted by Crippen LogP contribution is 2.26. The van der Waals surface area contributed by atoms with Gasteiger partial charge >= 0.3 is 0 Å². The van der Waals surface area contributed by atoms with Crippen molar-refractivity contribution in [1.82, 2.24) is 0 Å². The van der Waals surface area contributed by atoms with Crippen molar-refractivity contribution in [3.05, 3.63) is 35.9 Å². The summed E-state index contributed by atoms with van der Waals surface area (Å²) in [5.74, 6) is 0. The van der Waals surface area contributed by atoms with Crippen LogP contribution in [0.2, 0.25) is 0 Å². The minimum absolute atomic E-state index is 0.0829. The quantitative estimate of drug-likeness (QED) is 0.800. The fourth-order valence-electron chi connectivity index (χ4n) is 1.43. The predicted molar refractivity (Wildman–Crippen MR) is 63.4 cm³/mol. The molecule has 0 aromatic heterocycles. The molecule has 0 amide bonds. The first-order valence-electron chi connectivity index (χ1n) is 5.40. The van der Waals surface area contributed by atoms with Crippen LogP contribution in [0.4, 0.5) is 0 Å². The van der Waals surface area contributed by atoms with Crippen molar-refractivity contribution < 1.29 is 5.11 Å². The average molecular weight is 207 g/mol. The van der Waals surface area contributed by atoms with Crippen molar-refractivity contribution in [2.24, 2.45) is 11.1 Å². The fraction of sp³-hybridized carbons (Fsp3) is 0.538. The first-order valence-corrected chi connectivity index (χ1v) is 5.40. The van der Waals surface area contributed by atoms with E-state index in [2.05, 4.69) is 0 Å². The van der Waals surface area contributed by atoms with Crippen LogP contribution in [0.3, 0.4) is 0 Å². The molecule has 0 heterocycles. The van der Waals surface area contributed by atoms with E-state index in [-0.39, 0.29) is 17.6 Å². The van der Waals surface area contributed by atoms with E-state index < -0.39 is 0 Å². The molecule has 2 atom stereocenters. The first kappa shape index (κ1) is 12.2. The smallest absolute Gasteiger partial charge is 0.0606 e. The van der Waals surface area contributed by atoms with E-state index in [4.69, 9.17) is 5.73 Å². The summed E-state index contributed by atoms with van der Waals surface area (Å²) in [6, 6.07) is 9.83. The first-order chi connectivity index (χ1) is 6.91. The van der Waals surface area contributed by atoms with E-state index >= 15 is 0 Å². The van der Waals surface area contributed by atoms with E-state index in [1.54, 1.807) is 0 Å². The molecule has 0 aliphatic carbocycles. The highest BCUT2D eigenvalue weighted by atomic mass is 16.3. The van der Waals surface area contributed by atoms with E-state index in [0.717, 1.165) is 5.56 Å². The predicted octanol–water partition coefficient (Wildman–Crippen LogP) is 2.48. The zero-order chi connectivity index (χ0) is 11.5. The molecule has 2 heteroatoms. The van der Waals surface area contributed by atoms with Gasteiger partial charge in [-0.05, 0) is 17.4 Å². The molecule has 15 heavy (non-hydrogen) atoms. The number of aliphatic hydroxyl groups is 1. The highest BCUT2D eigenvalue weighted by Gasteiger charge is 2.24. The molecule has 1 aromatic rings. The van der Waals surface area contributed by atoms with Gasteiger partial charge in [0.2, 0.25) is 0 Å². The van der Waals surface area contributed by atoms with Gasteiger partial charge in [0.1, 0.15) is 0 Å². The summed E-state index contributed by atoms with van der Waals surface area (Å²) >= 11 is 0. The van der Waals surface area contributed by atoms with Gasteiger partial charge in [0, 0.05) is 6.04 Å². The van der Waals surface area contributed by atoms with Crippen molar-refractivity contribution in [2.45, 2.75) is 39.3 Å². The number of nitrogens with two attached hydrogens (primary N) is 1. The van der Waals surface area contributed by atoms with Crippen LogP contribution in [0.15, 0.2) is 30.3 Å². The Balaban J connectivity index is 2.61.